The molecule has 1 atom stereocenters. The minimum Gasteiger partial charge on any atom is -0.496 e. The molecule has 6 heteroatoms. The molecule has 1 aliphatic heterocycles. The molecule has 4 nitrogen and oxygen atoms in total. The van der Waals surface area contributed by atoms with E-state index in [9.17, 15) is 9.11 Å². The van der Waals surface area contributed by atoms with Crippen molar-refractivity contribution < 1.29 is 18.6 Å². The summed E-state index contributed by atoms with van der Waals surface area (Å²) in [6.45, 7) is 0. The molecule has 22 heavy (non-hydrogen) atoms. The molecule has 2 aromatic carbocycles. The fourth-order valence-electron chi connectivity index (χ4n) is 2.68. The van der Waals surface area contributed by atoms with Gasteiger partial charge in [0, 0.05) is 10.5 Å². The van der Waals surface area contributed by atoms with Crippen LogP contribution in [-0.2, 0) is 0 Å². The van der Waals surface area contributed by atoms with Crippen molar-refractivity contribution in [3.05, 3.63) is 48.0 Å². The number of fused-ring (bicyclic) bond motifs is 1. The summed E-state index contributed by atoms with van der Waals surface area (Å²) >= 11 is 1.61. The van der Waals surface area contributed by atoms with Gasteiger partial charge in [0.25, 0.3) is 0 Å². The van der Waals surface area contributed by atoms with Crippen molar-refractivity contribution in [3.63, 3.8) is 0 Å². The normalized spacial score (nSPS) is 20.3. The fraction of sp³-hybridized carbons (Fsp3) is 0.250. The summed E-state index contributed by atoms with van der Waals surface area (Å²) in [6, 6.07) is 13.5. The molecular weight excluding hydrogens is 320 g/mol. The maximum absolute atomic E-state index is 10.5. The second kappa shape index (κ2) is 6.04. The van der Waals surface area contributed by atoms with Crippen molar-refractivity contribution in [1.82, 2.24) is 0 Å². The molecular formula is C16H18O4S2. The van der Waals surface area contributed by atoms with E-state index >= 15 is 0 Å². The molecule has 2 aromatic rings. The standard InChI is InChI=1S/C16H18O4S2/c1-19-12-8-9-13(20-2)16-15(12)14(10-22(16,17)18)21-11-6-4-3-5-7-11/h3-9,14,17-18H,10H2,1-2H3. The monoisotopic (exact) mass is 338 g/mol. The van der Waals surface area contributed by atoms with Gasteiger partial charge >= 0.3 is 0 Å². The van der Waals surface area contributed by atoms with Gasteiger partial charge in [-0.05, 0) is 24.3 Å². The highest BCUT2D eigenvalue weighted by atomic mass is 32.3. The summed E-state index contributed by atoms with van der Waals surface area (Å²) in [5.74, 6) is 1.45. The predicted octanol–water partition coefficient (Wildman–Crippen LogP) is 4.66. The Labute approximate surface area is 135 Å². The largest absolute Gasteiger partial charge is 0.496 e. The second-order valence-electron chi connectivity index (χ2n) is 4.97. The van der Waals surface area contributed by atoms with E-state index in [1.54, 1.807) is 24.9 Å². The van der Waals surface area contributed by atoms with Crippen LogP contribution in [0.15, 0.2) is 52.3 Å². The van der Waals surface area contributed by atoms with Gasteiger partial charge in [-0.3, -0.25) is 9.11 Å². The molecule has 0 radical (unpaired) electrons. The van der Waals surface area contributed by atoms with Crippen LogP contribution in [0.3, 0.4) is 0 Å². The van der Waals surface area contributed by atoms with E-state index in [1.807, 2.05) is 36.4 Å². The Morgan fingerprint density at radius 2 is 1.64 bits per heavy atom. The van der Waals surface area contributed by atoms with Crippen LogP contribution in [0.4, 0.5) is 0 Å². The summed E-state index contributed by atoms with van der Waals surface area (Å²) in [7, 11) is 0.255. The zero-order valence-corrected chi connectivity index (χ0v) is 14.0. The maximum Gasteiger partial charge on any atom is 0.142 e. The predicted molar refractivity (Wildman–Crippen MR) is 90.6 cm³/mol. The summed E-state index contributed by atoms with van der Waals surface area (Å²) in [4.78, 5) is 1.57. The van der Waals surface area contributed by atoms with Crippen LogP contribution in [0, 0.1) is 0 Å². The maximum atomic E-state index is 10.5. The molecule has 0 fully saturated rings. The average Bonchev–Trinajstić information content (AvgIpc) is 2.79. The van der Waals surface area contributed by atoms with Gasteiger partial charge in [-0.25, -0.2) is 0 Å². The smallest absolute Gasteiger partial charge is 0.142 e. The summed E-state index contributed by atoms with van der Waals surface area (Å²) < 4.78 is 31.8. The van der Waals surface area contributed by atoms with Gasteiger partial charge in [-0.1, -0.05) is 18.2 Å². The Kier molecular flexibility index (Phi) is 4.27. The Hall–Kier alpha value is -1.34. The van der Waals surface area contributed by atoms with Gasteiger partial charge in [0.1, 0.15) is 16.4 Å². The van der Waals surface area contributed by atoms with Crippen LogP contribution in [0.2, 0.25) is 0 Å². The van der Waals surface area contributed by atoms with Gasteiger partial charge in [0.2, 0.25) is 0 Å². The lowest BCUT2D eigenvalue weighted by Crippen LogP contribution is -1.99. The van der Waals surface area contributed by atoms with Crippen molar-refractivity contribution in [2.24, 2.45) is 0 Å². The Morgan fingerprint density at radius 3 is 2.27 bits per heavy atom. The minimum atomic E-state index is -2.88. The van der Waals surface area contributed by atoms with E-state index in [4.69, 9.17) is 9.47 Å². The van der Waals surface area contributed by atoms with Crippen LogP contribution in [0.5, 0.6) is 11.5 Å². The van der Waals surface area contributed by atoms with Crippen LogP contribution < -0.4 is 9.47 Å². The van der Waals surface area contributed by atoms with Crippen molar-refractivity contribution in [2.45, 2.75) is 15.0 Å². The summed E-state index contributed by atoms with van der Waals surface area (Å²) in [5.41, 5.74) is 0.829. The lowest BCUT2D eigenvalue weighted by atomic mass is 10.1. The molecule has 0 amide bonds. The molecule has 0 aliphatic carbocycles. The molecule has 3 rings (SSSR count). The van der Waals surface area contributed by atoms with Gasteiger partial charge in [0.05, 0.1) is 25.2 Å². The topological polar surface area (TPSA) is 58.9 Å². The molecule has 0 aromatic heterocycles. The SMILES string of the molecule is COc1ccc(OC)c2c1C(Sc1ccccc1)CS2(O)O. The highest BCUT2D eigenvalue weighted by Crippen LogP contribution is 2.67. The zero-order chi connectivity index (χ0) is 15.7. The van der Waals surface area contributed by atoms with Crippen molar-refractivity contribution >= 4 is 22.4 Å². The molecule has 0 spiro atoms. The van der Waals surface area contributed by atoms with Gasteiger partial charge < -0.3 is 9.47 Å². The van der Waals surface area contributed by atoms with Crippen molar-refractivity contribution in [2.75, 3.05) is 20.0 Å². The van der Waals surface area contributed by atoms with E-state index in [0.29, 0.717) is 16.4 Å². The quantitative estimate of drug-likeness (QED) is 0.849. The average molecular weight is 338 g/mol. The van der Waals surface area contributed by atoms with Gasteiger partial charge in [-0.15, -0.1) is 11.8 Å². The molecule has 1 unspecified atom stereocenters. The fourth-order valence-corrected chi connectivity index (χ4v) is 6.41. The van der Waals surface area contributed by atoms with Crippen LogP contribution in [0.1, 0.15) is 10.8 Å². The summed E-state index contributed by atoms with van der Waals surface area (Å²) in [5, 5.41) is -0.0764. The lowest BCUT2D eigenvalue weighted by molar-refractivity contribution is 0.386. The number of thioether (sulfide) groups is 1. The van der Waals surface area contributed by atoms with E-state index in [0.717, 1.165) is 10.5 Å². The molecule has 2 N–H and O–H groups in total. The number of ether oxygens (including phenoxy) is 2. The molecule has 1 aliphatic rings. The molecule has 0 saturated carbocycles. The third-order valence-electron chi connectivity index (χ3n) is 3.61. The lowest BCUT2D eigenvalue weighted by Gasteiger charge is -2.28. The Morgan fingerprint density at radius 1 is 1.00 bits per heavy atom. The molecule has 0 saturated heterocycles. The van der Waals surface area contributed by atoms with Crippen LogP contribution in [0.25, 0.3) is 0 Å². The Bertz CT molecular complexity index is 673. The second-order valence-corrected chi connectivity index (χ2v) is 8.32. The highest BCUT2D eigenvalue weighted by Gasteiger charge is 2.40. The number of hydrogen-bond donors (Lipinski definition) is 2. The van der Waals surface area contributed by atoms with Crippen LogP contribution in [-0.4, -0.2) is 29.1 Å². The molecule has 1 heterocycles. The third-order valence-corrected chi connectivity index (χ3v) is 6.93. The first kappa shape index (κ1) is 15.6. The number of hydrogen-bond acceptors (Lipinski definition) is 5. The third kappa shape index (κ3) is 2.67. The van der Waals surface area contributed by atoms with E-state index < -0.39 is 10.6 Å². The highest BCUT2D eigenvalue weighted by molar-refractivity contribution is 8.25. The van der Waals surface area contributed by atoms with Crippen LogP contribution >= 0.6 is 22.4 Å². The van der Waals surface area contributed by atoms with E-state index in [1.165, 1.54) is 7.11 Å². The minimum absolute atomic E-state index is 0.0764. The van der Waals surface area contributed by atoms with Gasteiger partial charge in [0.15, 0.2) is 0 Å². The van der Waals surface area contributed by atoms with E-state index in [-0.39, 0.29) is 11.0 Å². The van der Waals surface area contributed by atoms with Crippen molar-refractivity contribution in [1.29, 1.82) is 0 Å². The van der Waals surface area contributed by atoms with Gasteiger partial charge in [-0.2, -0.15) is 10.6 Å². The Balaban J connectivity index is 2.08. The number of methoxy groups -OCH3 is 2. The first-order valence-corrected chi connectivity index (χ1v) is 9.39. The number of rotatable bonds is 4. The summed E-state index contributed by atoms with van der Waals surface area (Å²) in [6.07, 6.45) is 0. The number of benzene rings is 2. The first-order chi connectivity index (χ1) is 10.6. The zero-order valence-electron chi connectivity index (χ0n) is 12.4. The molecule has 0 bridgehead atoms. The molecule has 118 valence electrons. The first-order valence-electron chi connectivity index (χ1n) is 6.79. The van der Waals surface area contributed by atoms with Crippen molar-refractivity contribution in [3.8, 4) is 11.5 Å². The van der Waals surface area contributed by atoms with E-state index in [2.05, 4.69) is 0 Å².